The molecule has 0 radical (unpaired) electrons. The fourth-order valence-electron chi connectivity index (χ4n) is 2.02. The van der Waals surface area contributed by atoms with Gasteiger partial charge in [-0.1, -0.05) is 6.07 Å². The second-order valence-electron chi connectivity index (χ2n) is 4.58. The first-order valence-corrected chi connectivity index (χ1v) is 6.39. The molecule has 2 aromatic rings. The number of rotatable bonds is 4. The van der Waals surface area contributed by atoms with E-state index < -0.39 is 11.2 Å². The fraction of sp³-hybridized carbons (Fsp3) is 0.286. The molecule has 0 aliphatic rings. The van der Waals surface area contributed by atoms with Crippen LogP contribution in [0, 0.1) is 11.3 Å². The van der Waals surface area contributed by atoms with Crippen LogP contribution in [0.4, 0.5) is 5.82 Å². The van der Waals surface area contributed by atoms with E-state index in [-0.39, 0.29) is 11.4 Å². The van der Waals surface area contributed by atoms with Crippen molar-refractivity contribution in [2.45, 2.75) is 6.42 Å². The molecule has 0 atom stereocenters. The molecular weight excluding hydrogens is 270 g/mol. The summed E-state index contributed by atoms with van der Waals surface area (Å²) in [5.41, 5.74) is -0.101. The van der Waals surface area contributed by atoms with Gasteiger partial charge in [0.25, 0.3) is 5.56 Å². The molecule has 2 aromatic heterocycles. The van der Waals surface area contributed by atoms with Crippen molar-refractivity contribution in [2.24, 2.45) is 14.1 Å². The zero-order valence-electron chi connectivity index (χ0n) is 11.8. The van der Waals surface area contributed by atoms with Crippen LogP contribution in [0.1, 0.15) is 11.1 Å². The topological polar surface area (TPSA) is 92.7 Å². The third-order valence-corrected chi connectivity index (χ3v) is 3.21. The van der Waals surface area contributed by atoms with E-state index in [1.165, 1.54) is 18.7 Å². The molecule has 0 fully saturated rings. The molecule has 0 aliphatic heterocycles. The average molecular weight is 285 g/mol. The molecule has 21 heavy (non-hydrogen) atoms. The smallest absolute Gasteiger partial charge is 0.332 e. The Morgan fingerprint density at radius 2 is 2.10 bits per heavy atom. The monoisotopic (exact) mass is 285 g/mol. The summed E-state index contributed by atoms with van der Waals surface area (Å²) in [5, 5.41) is 12.1. The van der Waals surface area contributed by atoms with E-state index >= 15 is 0 Å². The van der Waals surface area contributed by atoms with Crippen LogP contribution in [0.25, 0.3) is 0 Å². The zero-order valence-corrected chi connectivity index (χ0v) is 11.8. The molecule has 2 rings (SSSR count). The minimum atomic E-state index is -0.593. The quantitative estimate of drug-likeness (QED) is 0.854. The van der Waals surface area contributed by atoms with Crippen molar-refractivity contribution in [1.82, 2.24) is 14.1 Å². The molecular formula is C14H15N5O2. The molecule has 2 heterocycles. The molecule has 0 saturated heterocycles. The van der Waals surface area contributed by atoms with E-state index in [9.17, 15) is 9.59 Å². The standard InChI is InChI=1S/C14H15N5O2/c1-18-12(11(8-15)13(20)19(2)14(18)21)17-7-5-10-4-3-6-16-9-10/h3-4,6,9,17H,5,7H2,1-2H3. The van der Waals surface area contributed by atoms with E-state index in [1.807, 2.05) is 18.2 Å². The predicted molar refractivity (Wildman–Crippen MR) is 78.1 cm³/mol. The maximum absolute atomic E-state index is 11.9. The van der Waals surface area contributed by atoms with Crippen molar-refractivity contribution < 1.29 is 0 Å². The van der Waals surface area contributed by atoms with Crippen LogP contribution in [0.3, 0.4) is 0 Å². The Bertz CT molecular complexity index is 799. The summed E-state index contributed by atoms with van der Waals surface area (Å²) in [6.45, 7) is 0.487. The summed E-state index contributed by atoms with van der Waals surface area (Å²) in [6, 6.07) is 5.62. The lowest BCUT2D eigenvalue weighted by Gasteiger charge is -2.13. The van der Waals surface area contributed by atoms with Crippen LogP contribution in [0.15, 0.2) is 34.1 Å². The van der Waals surface area contributed by atoms with Crippen LogP contribution in [-0.4, -0.2) is 20.7 Å². The molecule has 108 valence electrons. The Labute approximate surface area is 121 Å². The molecule has 1 N–H and O–H groups in total. The third kappa shape index (κ3) is 2.84. The summed E-state index contributed by atoms with van der Waals surface area (Å²) in [6.07, 6.45) is 4.10. The van der Waals surface area contributed by atoms with Gasteiger partial charge in [0.1, 0.15) is 11.9 Å². The summed E-state index contributed by atoms with van der Waals surface area (Å²) >= 11 is 0. The third-order valence-electron chi connectivity index (χ3n) is 3.21. The van der Waals surface area contributed by atoms with E-state index in [1.54, 1.807) is 12.4 Å². The first kappa shape index (κ1) is 14.5. The van der Waals surface area contributed by atoms with Gasteiger partial charge in [-0.05, 0) is 18.1 Å². The zero-order chi connectivity index (χ0) is 15.4. The van der Waals surface area contributed by atoms with Crippen molar-refractivity contribution in [1.29, 1.82) is 5.26 Å². The Kier molecular flexibility index (Phi) is 4.18. The maximum atomic E-state index is 11.9. The number of hydrogen-bond donors (Lipinski definition) is 1. The van der Waals surface area contributed by atoms with Gasteiger partial charge in [-0.2, -0.15) is 5.26 Å². The number of aromatic nitrogens is 3. The second kappa shape index (κ2) is 6.05. The number of hydrogen-bond acceptors (Lipinski definition) is 5. The fourth-order valence-corrected chi connectivity index (χ4v) is 2.02. The van der Waals surface area contributed by atoms with Crippen molar-refractivity contribution in [2.75, 3.05) is 11.9 Å². The van der Waals surface area contributed by atoms with Gasteiger partial charge in [0.05, 0.1) is 0 Å². The molecule has 0 spiro atoms. The van der Waals surface area contributed by atoms with Gasteiger partial charge in [0.15, 0.2) is 5.56 Å². The number of nitrogens with zero attached hydrogens (tertiary/aromatic N) is 4. The van der Waals surface area contributed by atoms with Crippen LogP contribution >= 0.6 is 0 Å². The molecule has 0 saturated carbocycles. The van der Waals surface area contributed by atoms with Crippen LogP contribution in [-0.2, 0) is 20.5 Å². The van der Waals surface area contributed by atoms with Crippen molar-refractivity contribution >= 4 is 5.82 Å². The predicted octanol–water partition coefficient (Wildman–Crippen LogP) is 0.00528. The van der Waals surface area contributed by atoms with Gasteiger partial charge < -0.3 is 5.32 Å². The minimum Gasteiger partial charge on any atom is -0.370 e. The highest BCUT2D eigenvalue weighted by molar-refractivity contribution is 5.51. The number of nitrogens with one attached hydrogen (secondary N) is 1. The van der Waals surface area contributed by atoms with E-state index in [0.29, 0.717) is 13.0 Å². The van der Waals surface area contributed by atoms with Crippen molar-refractivity contribution in [3.63, 3.8) is 0 Å². The lowest BCUT2D eigenvalue weighted by Crippen LogP contribution is -2.40. The van der Waals surface area contributed by atoms with E-state index in [0.717, 1.165) is 10.1 Å². The lowest BCUT2D eigenvalue weighted by atomic mass is 10.2. The minimum absolute atomic E-state index is 0.0641. The van der Waals surface area contributed by atoms with Gasteiger partial charge in [0.2, 0.25) is 0 Å². The molecule has 0 aromatic carbocycles. The van der Waals surface area contributed by atoms with Gasteiger partial charge in [0, 0.05) is 33.0 Å². The Morgan fingerprint density at radius 3 is 2.71 bits per heavy atom. The molecule has 0 bridgehead atoms. The van der Waals surface area contributed by atoms with Gasteiger partial charge in [-0.25, -0.2) is 4.79 Å². The maximum Gasteiger partial charge on any atom is 0.332 e. The van der Waals surface area contributed by atoms with Crippen molar-refractivity contribution in [3.8, 4) is 6.07 Å². The van der Waals surface area contributed by atoms with Crippen LogP contribution in [0.2, 0.25) is 0 Å². The first-order valence-electron chi connectivity index (χ1n) is 6.39. The summed E-state index contributed by atoms with van der Waals surface area (Å²) in [4.78, 5) is 27.8. The molecule has 7 heteroatoms. The first-order chi connectivity index (χ1) is 10.1. The van der Waals surface area contributed by atoms with Gasteiger partial charge in [-0.15, -0.1) is 0 Å². The number of nitriles is 1. The van der Waals surface area contributed by atoms with E-state index in [4.69, 9.17) is 5.26 Å². The largest absolute Gasteiger partial charge is 0.370 e. The van der Waals surface area contributed by atoms with Gasteiger partial charge >= 0.3 is 5.69 Å². The lowest BCUT2D eigenvalue weighted by molar-refractivity contribution is 0.685. The Morgan fingerprint density at radius 1 is 1.33 bits per heavy atom. The van der Waals surface area contributed by atoms with Crippen LogP contribution < -0.4 is 16.6 Å². The Hall–Kier alpha value is -2.88. The summed E-state index contributed by atoms with van der Waals surface area (Å²) in [7, 11) is 2.87. The van der Waals surface area contributed by atoms with Crippen molar-refractivity contribution in [3.05, 3.63) is 56.5 Å². The van der Waals surface area contributed by atoms with Gasteiger partial charge in [-0.3, -0.25) is 18.9 Å². The molecule has 0 unspecified atom stereocenters. The SMILES string of the molecule is Cn1c(NCCc2cccnc2)c(C#N)c(=O)n(C)c1=O. The summed E-state index contributed by atoms with van der Waals surface area (Å²) < 4.78 is 2.19. The normalized spacial score (nSPS) is 10.1. The van der Waals surface area contributed by atoms with Crippen LogP contribution in [0.5, 0.6) is 0 Å². The van der Waals surface area contributed by atoms with E-state index in [2.05, 4.69) is 10.3 Å². The number of pyridine rings is 1. The highest BCUT2D eigenvalue weighted by Crippen LogP contribution is 2.07. The molecule has 7 nitrogen and oxygen atoms in total. The highest BCUT2D eigenvalue weighted by Gasteiger charge is 2.14. The molecule has 0 aliphatic carbocycles. The molecule has 0 amide bonds. The number of anilines is 1. The second-order valence-corrected chi connectivity index (χ2v) is 4.58. The summed E-state index contributed by atoms with van der Waals surface area (Å²) in [5.74, 6) is 0.245. The average Bonchev–Trinajstić information content (AvgIpc) is 2.51. The highest BCUT2D eigenvalue weighted by atomic mass is 16.2. The Balaban J connectivity index is 2.27.